The van der Waals surface area contributed by atoms with Crippen LogP contribution >= 0.6 is 0 Å². The summed E-state index contributed by atoms with van der Waals surface area (Å²) in [7, 11) is 1.68. The molecule has 2 aromatic rings. The van der Waals surface area contributed by atoms with Gasteiger partial charge in [-0.3, -0.25) is 0 Å². The first kappa shape index (κ1) is 22.9. The van der Waals surface area contributed by atoms with Gasteiger partial charge in [-0.2, -0.15) is 0 Å². The first-order valence-corrected chi connectivity index (χ1v) is 11.0. The summed E-state index contributed by atoms with van der Waals surface area (Å²) in [6, 6.07) is 16.2. The summed E-state index contributed by atoms with van der Waals surface area (Å²) in [5.41, 5.74) is 2.27. The average molecular weight is 397 g/mol. The molecule has 0 atom stereocenters. The van der Waals surface area contributed by atoms with Crippen molar-refractivity contribution in [1.29, 1.82) is 0 Å². The highest BCUT2D eigenvalue weighted by Gasteiger charge is 2.08. The lowest BCUT2D eigenvalue weighted by atomic mass is 10.1. The Kier molecular flexibility index (Phi) is 10.8. The van der Waals surface area contributed by atoms with E-state index in [-0.39, 0.29) is 0 Å². The molecule has 0 radical (unpaired) electrons. The monoisotopic (exact) mass is 396 g/mol. The zero-order chi connectivity index (χ0) is 20.7. The molecule has 0 aliphatic heterocycles. The van der Waals surface area contributed by atoms with Gasteiger partial charge in [0.2, 0.25) is 0 Å². The molecule has 2 rings (SSSR count). The Bertz CT molecular complexity index is 722. The number of benzene rings is 2. The van der Waals surface area contributed by atoms with Crippen LogP contribution in [0.15, 0.2) is 54.8 Å². The van der Waals surface area contributed by atoms with Crippen molar-refractivity contribution < 1.29 is 14.2 Å². The summed E-state index contributed by atoms with van der Waals surface area (Å²) in [6.07, 6.45) is 11.3. The summed E-state index contributed by atoms with van der Waals surface area (Å²) in [5.74, 6) is 2.19. The van der Waals surface area contributed by atoms with Crippen LogP contribution in [0.5, 0.6) is 11.5 Å². The molecule has 0 heterocycles. The zero-order valence-electron chi connectivity index (χ0n) is 18.3. The number of hydrogen-bond donors (Lipinski definition) is 0. The molecule has 0 spiro atoms. The molecule has 0 amide bonds. The van der Waals surface area contributed by atoms with Gasteiger partial charge in [-0.05, 0) is 30.5 Å². The lowest BCUT2D eigenvalue weighted by molar-refractivity contribution is 0.258. The van der Waals surface area contributed by atoms with E-state index in [0.717, 1.165) is 36.3 Å². The molecule has 0 aliphatic carbocycles. The van der Waals surface area contributed by atoms with E-state index < -0.39 is 0 Å². The van der Waals surface area contributed by atoms with Crippen LogP contribution in [0.2, 0.25) is 0 Å². The van der Waals surface area contributed by atoms with Gasteiger partial charge >= 0.3 is 0 Å². The summed E-state index contributed by atoms with van der Waals surface area (Å²) >= 11 is 0. The maximum atomic E-state index is 6.09. The van der Waals surface area contributed by atoms with Crippen LogP contribution in [-0.4, -0.2) is 13.7 Å². The number of unbranched alkanes of at least 4 members (excludes halogenated alkanes) is 5. The van der Waals surface area contributed by atoms with E-state index in [0.29, 0.717) is 12.4 Å². The SMILES string of the molecule is CCCCCCCCOC(=COc1ccc(CCC)cc1OC)c1ccccc1. The van der Waals surface area contributed by atoms with E-state index in [9.17, 15) is 0 Å². The molecule has 0 saturated carbocycles. The lowest BCUT2D eigenvalue weighted by Gasteiger charge is -2.13. The second-order valence-electron chi connectivity index (χ2n) is 7.32. The third-order valence-corrected chi connectivity index (χ3v) is 4.87. The quantitative estimate of drug-likeness (QED) is 0.246. The van der Waals surface area contributed by atoms with Gasteiger partial charge in [-0.25, -0.2) is 0 Å². The Balaban J connectivity index is 2.02. The number of hydrogen-bond acceptors (Lipinski definition) is 3. The molecule has 0 bridgehead atoms. The van der Waals surface area contributed by atoms with Crippen molar-refractivity contribution in [2.24, 2.45) is 0 Å². The third kappa shape index (κ3) is 8.23. The van der Waals surface area contributed by atoms with Crippen molar-refractivity contribution in [3.63, 3.8) is 0 Å². The van der Waals surface area contributed by atoms with Gasteiger partial charge in [0, 0.05) is 5.56 Å². The molecule has 3 heteroatoms. The maximum absolute atomic E-state index is 6.09. The van der Waals surface area contributed by atoms with Crippen LogP contribution in [0.25, 0.3) is 5.76 Å². The molecular formula is C26H36O3. The van der Waals surface area contributed by atoms with Gasteiger partial charge in [0.05, 0.1) is 13.7 Å². The minimum atomic E-state index is 0.697. The molecule has 29 heavy (non-hydrogen) atoms. The summed E-state index contributed by atoms with van der Waals surface area (Å²) in [6.45, 7) is 5.11. The van der Waals surface area contributed by atoms with Gasteiger partial charge < -0.3 is 14.2 Å². The van der Waals surface area contributed by atoms with E-state index in [1.807, 2.05) is 42.5 Å². The van der Waals surface area contributed by atoms with Crippen LogP contribution in [0.1, 0.15) is 69.9 Å². The second kappa shape index (κ2) is 13.7. The van der Waals surface area contributed by atoms with Crippen LogP contribution in [0.4, 0.5) is 0 Å². The molecular weight excluding hydrogens is 360 g/mol. The van der Waals surface area contributed by atoms with Crippen molar-refractivity contribution in [2.45, 2.75) is 65.2 Å². The molecule has 0 saturated heterocycles. The highest BCUT2D eigenvalue weighted by Crippen LogP contribution is 2.30. The summed E-state index contributed by atoms with van der Waals surface area (Å²) in [4.78, 5) is 0. The molecule has 0 N–H and O–H groups in total. The summed E-state index contributed by atoms with van der Waals surface area (Å²) < 4.78 is 17.6. The fraction of sp³-hybridized carbons (Fsp3) is 0.462. The zero-order valence-corrected chi connectivity index (χ0v) is 18.3. The normalized spacial score (nSPS) is 11.3. The second-order valence-corrected chi connectivity index (χ2v) is 7.32. The van der Waals surface area contributed by atoms with Gasteiger partial charge in [-0.1, -0.05) is 88.8 Å². The standard InChI is InChI=1S/C26H36O3/c1-4-6-7-8-9-13-19-28-26(23-15-11-10-12-16-23)21-29-24-18-17-22(14-5-2)20-25(24)27-3/h10-12,15-18,20-21H,4-9,13-14,19H2,1-3H3. The lowest BCUT2D eigenvalue weighted by Crippen LogP contribution is -1.99. The van der Waals surface area contributed by atoms with Crippen molar-refractivity contribution in [3.8, 4) is 11.5 Å². The van der Waals surface area contributed by atoms with Crippen LogP contribution in [0.3, 0.4) is 0 Å². The van der Waals surface area contributed by atoms with E-state index in [4.69, 9.17) is 14.2 Å². The van der Waals surface area contributed by atoms with Crippen LogP contribution in [-0.2, 0) is 11.2 Å². The van der Waals surface area contributed by atoms with Crippen LogP contribution < -0.4 is 9.47 Å². The fourth-order valence-electron chi connectivity index (χ4n) is 3.22. The Hall–Kier alpha value is -2.42. The van der Waals surface area contributed by atoms with Gasteiger partial charge in [-0.15, -0.1) is 0 Å². The van der Waals surface area contributed by atoms with Gasteiger partial charge in [0.25, 0.3) is 0 Å². The first-order chi connectivity index (χ1) is 14.3. The van der Waals surface area contributed by atoms with Crippen molar-refractivity contribution in [2.75, 3.05) is 13.7 Å². The molecule has 0 fully saturated rings. The molecule has 2 aromatic carbocycles. The number of ether oxygens (including phenoxy) is 3. The third-order valence-electron chi connectivity index (χ3n) is 4.87. The molecule has 0 aromatic heterocycles. The highest BCUT2D eigenvalue weighted by molar-refractivity contribution is 5.59. The fourth-order valence-corrected chi connectivity index (χ4v) is 3.22. The summed E-state index contributed by atoms with van der Waals surface area (Å²) in [5, 5.41) is 0. The van der Waals surface area contributed by atoms with E-state index in [1.54, 1.807) is 13.4 Å². The Labute approximate surface area is 176 Å². The topological polar surface area (TPSA) is 27.7 Å². The van der Waals surface area contributed by atoms with Crippen LogP contribution in [0, 0.1) is 0 Å². The minimum Gasteiger partial charge on any atom is -0.493 e. The van der Waals surface area contributed by atoms with Crippen molar-refractivity contribution in [3.05, 3.63) is 65.9 Å². The van der Waals surface area contributed by atoms with Crippen molar-refractivity contribution >= 4 is 5.76 Å². The predicted octanol–water partition coefficient (Wildman–Crippen LogP) is 7.40. The molecule has 0 unspecified atom stereocenters. The average Bonchev–Trinajstić information content (AvgIpc) is 2.76. The van der Waals surface area contributed by atoms with E-state index in [1.165, 1.54) is 37.7 Å². The number of rotatable bonds is 14. The van der Waals surface area contributed by atoms with Gasteiger partial charge in [0.15, 0.2) is 17.3 Å². The smallest absolute Gasteiger partial charge is 0.168 e. The Morgan fingerprint density at radius 3 is 2.31 bits per heavy atom. The largest absolute Gasteiger partial charge is 0.493 e. The Morgan fingerprint density at radius 2 is 1.59 bits per heavy atom. The molecule has 0 aliphatic rings. The van der Waals surface area contributed by atoms with Crippen molar-refractivity contribution in [1.82, 2.24) is 0 Å². The maximum Gasteiger partial charge on any atom is 0.168 e. The predicted molar refractivity (Wildman–Crippen MR) is 121 cm³/mol. The molecule has 3 nitrogen and oxygen atoms in total. The first-order valence-electron chi connectivity index (χ1n) is 11.0. The minimum absolute atomic E-state index is 0.697. The van der Waals surface area contributed by atoms with E-state index in [2.05, 4.69) is 19.9 Å². The number of methoxy groups -OCH3 is 1. The Morgan fingerprint density at radius 1 is 0.828 bits per heavy atom. The number of aryl methyl sites for hydroxylation is 1. The van der Waals surface area contributed by atoms with Gasteiger partial charge in [0.1, 0.15) is 6.26 Å². The van der Waals surface area contributed by atoms with E-state index >= 15 is 0 Å². The molecule has 158 valence electrons. The highest BCUT2D eigenvalue weighted by atomic mass is 16.5.